The van der Waals surface area contributed by atoms with Gasteiger partial charge in [0.25, 0.3) is 0 Å². The normalized spacial score (nSPS) is 10.7. The number of fused-ring (bicyclic) bond motifs is 4. The largest absolute Gasteiger partial charge is 1.00 e. The van der Waals surface area contributed by atoms with Crippen molar-refractivity contribution in [1.29, 1.82) is 0 Å². The average Bonchev–Trinajstić information content (AvgIpc) is 4.16. The molecule has 10 aromatic rings. The van der Waals surface area contributed by atoms with Gasteiger partial charge in [-0.1, -0.05) is 157 Å². The molecule has 0 fully saturated rings. The van der Waals surface area contributed by atoms with Crippen molar-refractivity contribution >= 4 is 64.3 Å². The second kappa shape index (κ2) is 31.4. The Bertz CT molecular complexity index is 3020. The van der Waals surface area contributed by atoms with E-state index in [0.29, 0.717) is 23.7 Å². The van der Waals surface area contributed by atoms with Crippen molar-refractivity contribution in [1.82, 2.24) is 0 Å². The summed E-state index contributed by atoms with van der Waals surface area (Å²) < 4.78 is 0. The van der Waals surface area contributed by atoms with Gasteiger partial charge in [-0.15, -0.1) is 136 Å². The smallest absolute Gasteiger partial charge is 0.0308 e. The first kappa shape index (κ1) is 66.8. The van der Waals surface area contributed by atoms with Crippen LogP contribution in [0.25, 0.3) is 43.1 Å². The first-order valence-corrected chi connectivity index (χ1v) is 38.2. The van der Waals surface area contributed by atoms with E-state index in [9.17, 15) is 0 Å². The van der Waals surface area contributed by atoms with E-state index < -0.39 is 0 Å². The summed E-state index contributed by atoms with van der Waals surface area (Å²) in [5, 5.41) is 14.6. The first-order valence-electron chi connectivity index (χ1n) is 26.9. The van der Waals surface area contributed by atoms with Gasteiger partial charge in [-0.2, -0.15) is 24.3 Å². The molecule has 6 heteroatoms. The predicted octanol–water partition coefficient (Wildman–Crippen LogP) is 13.3. The molecule has 0 saturated carbocycles. The molecular weight excluding hydrogens is 1150 g/mol. The van der Waals surface area contributed by atoms with Gasteiger partial charge in [0.05, 0.1) is 0 Å². The molecule has 396 valence electrons. The Kier molecular flexibility index (Phi) is 27.6. The monoisotopic (exact) mass is 1230 g/mol. The quantitative estimate of drug-likeness (QED) is 0.115. The number of hydrogen-bond donors (Lipinski definition) is 0. The van der Waals surface area contributed by atoms with Crippen LogP contribution in [0, 0.1) is 55.4 Å². The van der Waals surface area contributed by atoms with Crippen LogP contribution in [0.4, 0.5) is 0 Å². The molecule has 0 aliphatic heterocycles. The number of benzene rings is 6. The van der Waals surface area contributed by atoms with Gasteiger partial charge in [0.2, 0.25) is 0 Å². The fraction of sp³-hybridized carbons (Fsp3) is 0.314. The summed E-state index contributed by atoms with van der Waals surface area (Å²) in [4.78, 5) is 0. The molecule has 0 heterocycles. The molecule has 0 radical (unpaired) electrons. The summed E-state index contributed by atoms with van der Waals surface area (Å²) >= 11 is 3.38. The molecule has 10 rings (SSSR count). The Balaban J connectivity index is 0.000000241. The van der Waals surface area contributed by atoms with Crippen LogP contribution in [0.3, 0.4) is 0 Å². The van der Waals surface area contributed by atoms with Gasteiger partial charge in [0, 0.05) is 0 Å². The van der Waals surface area contributed by atoms with Gasteiger partial charge >= 0.3 is 142 Å². The van der Waals surface area contributed by atoms with Crippen molar-refractivity contribution in [2.45, 2.75) is 148 Å². The van der Waals surface area contributed by atoms with Crippen LogP contribution >= 0.6 is 0 Å². The molecule has 0 N–H and O–H groups in total. The Morgan fingerprint density at radius 1 is 0.316 bits per heavy atom. The van der Waals surface area contributed by atoms with Gasteiger partial charge < -0.3 is 24.8 Å². The summed E-state index contributed by atoms with van der Waals surface area (Å²) in [6.45, 7) is 40.2. The van der Waals surface area contributed by atoms with Gasteiger partial charge in [0.1, 0.15) is 0 Å². The SMILES string of the molecule is C[Si](=[Zr+2])c1ccccc1.C[Si](=[Zr+2])c1ccccc1.Cc1cc2c(C(C)C)ccc(C)c2[cH-]1.Cc1cc2c(C(C)C)ccc(C)c2[cH-]1.Cc1cc2c(C(C)C)ccc(C)c2[cH-]1.Cc1cc2c(C(C)C)ccc(C)c2[cH-]1.[Cl-].[Cl-]. The fourth-order valence-corrected chi connectivity index (χ4v) is 13.7. The number of hydrogen-bond acceptors (Lipinski definition) is 0. The molecule has 0 saturated heterocycles. The minimum Gasteiger partial charge on any atom is -1.00 e. The average molecular weight is 1230 g/mol. The van der Waals surface area contributed by atoms with Crippen molar-refractivity contribution in [2.24, 2.45) is 0 Å². The molecular formula is C70H84Cl2Si2Zr2-2. The van der Waals surface area contributed by atoms with Gasteiger partial charge in [-0.3, -0.25) is 0 Å². The molecule has 0 aliphatic rings. The zero-order chi connectivity index (χ0) is 54.6. The maximum atomic E-state index is 2.35. The molecule has 0 bridgehead atoms. The predicted molar refractivity (Wildman–Crippen MR) is 328 cm³/mol. The third kappa shape index (κ3) is 18.3. The molecule has 0 unspecified atom stereocenters. The molecule has 0 atom stereocenters. The van der Waals surface area contributed by atoms with Crippen LogP contribution in [0.15, 0.2) is 158 Å². The van der Waals surface area contributed by atoms with Crippen LogP contribution < -0.4 is 35.2 Å². The van der Waals surface area contributed by atoms with E-state index >= 15 is 0 Å². The minimum atomic E-state index is -0.122. The summed E-state index contributed by atoms with van der Waals surface area (Å²) in [5.41, 5.74) is 16.7. The van der Waals surface area contributed by atoms with Crippen molar-refractivity contribution in [3.8, 4) is 0 Å². The minimum absolute atomic E-state index is 0. The molecule has 0 amide bonds. The summed E-state index contributed by atoms with van der Waals surface area (Å²) in [6.07, 6.45) is 0. The van der Waals surface area contributed by atoms with E-state index in [2.05, 4.69) is 282 Å². The molecule has 0 nitrogen and oxygen atoms in total. The maximum absolute atomic E-state index is 2.35. The summed E-state index contributed by atoms with van der Waals surface area (Å²) in [5.74, 6) is 2.44. The Hall–Kier alpha value is -3.46. The molecule has 10 aromatic carbocycles. The second-order valence-electron chi connectivity index (χ2n) is 21.9. The standard InChI is InChI=1S/4C14H17.2C7H8Si.2ClH.2Zr/c4*1-9(2)12-6-5-11(4)13-7-10(3)8-14(12)13;2*1-8-7-5-3-2-4-6-7;;;;/h4*5-9H,1-4H3;2*2-6H,1H3;2*1H;;/q4*-1;;;;;2*+2/p-2. The number of aryl methyl sites for hydroxylation is 8. The molecule has 0 spiro atoms. The summed E-state index contributed by atoms with van der Waals surface area (Å²) in [7, 11) is 0. The van der Waals surface area contributed by atoms with Crippen LogP contribution in [-0.4, -0.2) is 10.9 Å². The van der Waals surface area contributed by atoms with Crippen molar-refractivity contribution < 1.29 is 71.5 Å². The number of rotatable bonds is 6. The van der Waals surface area contributed by atoms with Crippen LogP contribution in [0.2, 0.25) is 13.1 Å². The van der Waals surface area contributed by atoms with Gasteiger partial charge in [-0.25, -0.2) is 0 Å². The molecule has 0 aromatic heterocycles. The van der Waals surface area contributed by atoms with Crippen LogP contribution in [-0.2, 0) is 46.7 Å². The van der Waals surface area contributed by atoms with Crippen molar-refractivity contribution in [3.05, 3.63) is 224 Å². The first-order chi connectivity index (χ1) is 35.0. The van der Waals surface area contributed by atoms with E-state index in [4.69, 9.17) is 0 Å². The van der Waals surface area contributed by atoms with Crippen molar-refractivity contribution in [2.75, 3.05) is 0 Å². The Morgan fingerprint density at radius 2 is 0.513 bits per heavy atom. The van der Waals surface area contributed by atoms with E-state index in [1.165, 1.54) is 110 Å². The summed E-state index contributed by atoms with van der Waals surface area (Å²) in [6, 6.07) is 57.9. The third-order valence-electron chi connectivity index (χ3n) is 14.0. The topological polar surface area (TPSA) is 0 Å². The third-order valence-corrected chi connectivity index (χ3v) is 20.7. The Labute approximate surface area is 503 Å². The van der Waals surface area contributed by atoms with Gasteiger partial charge in [0.15, 0.2) is 0 Å². The van der Waals surface area contributed by atoms with E-state index in [1.807, 2.05) is 0 Å². The molecule has 0 aliphatic carbocycles. The van der Waals surface area contributed by atoms with Gasteiger partial charge in [-0.05, 0) is 23.7 Å². The maximum Gasteiger partial charge on any atom is -0.0308 e. The van der Waals surface area contributed by atoms with E-state index in [1.54, 1.807) is 57.0 Å². The Morgan fingerprint density at radius 3 is 0.671 bits per heavy atom. The van der Waals surface area contributed by atoms with Crippen molar-refractivity contribution in [3.63, 3.8) is 0 Å². The van der Waals surface area contributed by atoms with E-state index in [-0.39, 0.29) is 35.7 Å². The second-order valence-corrected chi connectivity index (χ2v) is 36.6. The van der Waals surface area contributed by atoms with Crippen LogP contribution in [0.1, 0.15) is 146 Å². The van der Waals surface area contributed by atoms with Crippen LogP contribution in [0.5, 0.6) is 0 Å². The number of halogens is 2. The zero-order valence-electron chi connectivity index (χ0n) is 49.1. The fourth-order valence-electron chi connectivity index (χ4n) is 9.84. The van der Waals surface area contributed by atoms with E-state index in [0.717, 1.165) is 0 Å². The molecule has 76 heavy (non-hydrogen) atoms. The zero-order valence-corrected chi connectivity index (χ0v) is 57.5.